The molecule has 0 radical (unpaired) electrons. The van der Waals surface area contributed by atoms with Gasteiger partial charge in [0.2, 0.25) is 5.91 Å². The molecule has 0 aliphatic heterocycles. The van der Waals surface area contributed by atoms with Crippen LogP contribution in [0.5, 0.6) is 0 Å². The van der Waals surface area contributed by atoms with Crippen molar-refractivity contribution in [1.29, 1.82) is 0 Å². The van der Waals surface area contributed by atoms with E-state index in [1.807, 2.05) is 54.6 Å². The number of hydrogen-bond acceptors (Lipinski definition) is 4. The van der Waals surface area contributed by atoms with Crippen LogP contribution >= 0.6 is 34.4 Å². The molecule has 1 fully saturated rings. The van der Waals surface area contributed by atoms with Gasteiger partial charge in [-0.1, -0.05) is 30.0 Å². The first-order chi connectivity index (χ1) is 12.7. The standard InChI is InChI=1S/C19H17IN4OS/c20-14-8-10-15(11-9-14)21-17(25)12-26-19-23-22-18(13-6-7-13)24(19)16-4-2-1-3-5-16/h1-5,8-11,13H,6-7,12H2,(H,21,25). The smallest absolute Gasteiger partial charge is 0.234 e. The lowest BCUT2D eigenvalue weighted by Gasteiger charge is -2.10. The molecular formula is C19H17IN4OS. The Kier molecular flexibility index (Phi) is 5.26. The van der Waals surface area contributed by atoms with Gasteiger partial charge in [0.25, 0.3) is 0 Å². The highest BCUT2D eigenvalue weighted by Gasteiger charge is 2.31. The molecule has 1 heterocycles. The molecule has 132 valence electrons. The number of aromatic nitrogens is 3. The van der Waals surface area contributed by atoms with Crippen molar-refractivity contribution in [2.24, 2.45) is 0 Å². The number of amides is 1. The van der Waals surface area contributed by atoms with Crippen LogP contribution in [0, 0.1) is 3.57 Å². The fourth-order valence-electron chi connectivity index (χ4n) is 2.66. The predicted octanol–water partition coefficient (Wildman–Crippen LogP) is 4.48. The molecule has 0 unspecified atom stereocenters. The topological polar surface area (TPSA) is 59.8 Å². The van der Waals surface area contributed by atoms with Crippen LogP contribution in [0.2, 0.25) is 0 Å². The molecule has 1 aliphatic carbocycles. The minimum absolute atomic E-state index is 0.0493. The number of carbonyl (C=O) groups is 1. The second-order valence-corrected chi connectivity index (χ2v) is 8.32. The van der Waals surface area contributed by atoms with Crippen molar-refractivity contribution in [3.63, 3.8) is 0 Å². The van der Waals surface area contributed by atoms with Crippen molar-refractivity contribution in [3.05, 3.63) is 64.0 Å². The molecule has 1 aliphatic rings. The highest BCUT2D eigenvalue weighted by atomic mass is 127. The number of thioether (sulfide) groups is 1. The zero-order valence-corrected chi connectivity index (χ0v) is 16.9. The van der Waals surface area contributed by atoms with Crippen molar-refractivity contribution >= 4 is 45.9 Å². The molecule has 2 aromatic carbocycles. The third kappa shape index (κ3) is 4.09. The minimum atomic E-state index is -0.0493. The number of rotatable bonds is 6. The van der Waals surface area contributed by atoms with Gasteiger partial charge in [0.1, 0.15) is 5.82 Å². The van der Waals surface area contributed by atoms with Gasteiger partial charge in [0.15, 0.2) is 5.16 Å². The van der Waals surface area contributed by atoms with Crippen LogP contribution in [0.3, 0.4) is 0 Å². The van der Waals surface area contributed by atoms with E-state index in [2.05, 4.69) is 42.7 Å². The summed E-state index contributed by atoms with van der Waals surface area (Å²) in [7, 11) is 0. The van der Waals surface area contributed by atoms with Gasteiger partial charge in [0, 0.05) is 20.9 Å². The summed E-state index contributed by atoms with van der Waals surface area (Å²) in [5.74, 6) is 1.72. The van der Waals surface area contributed by atoms with Crippen LogP contribution < -0.4 is 5.32 Å². The molecule has 3 aromatic rings. The molecule has 0 saturated heterocycles. The molecule has 1 aromatic heterocycles. The molecule has 0 spiro atoms. The highest BCUT2D eigenvalue weighted by molar-refractivity contribution is 14.1. The Hall–Kier alpha value is -1.87. The Balaban J connectivity index is 1.48. The van der Waals surface area contributed by atoms with E-state index < -0.39 is 0 Å². The van der Waals surface area contributed by atoms with Gasteiger partial charge in [-0.05, 0) is 71.8 Å². The highest BCUT2D eigenvalue weighted by Crippen LogP contribution is 2.41. The molecule has 4 rings (SSSR count). The van der Waals surface area contributed by atoms with Crippen LogP contribution in [0.25, 0.3) is 5.69 Å². The van der Waals surface area contributed by atoms with Gasteiger partial charge < -0.3 is 5.32 Å². The molecular weight excluding hydrogens is 459 g/mol. The van der Waals surface area contributed by atoms with Gasteiger partial charge in [-0.3, -0.25) is 9.36 Å². The Morgan fingerprint density at radius 1 is 1.12 bits per heavy atom. The lowest BCUT2D eigenvalue weighted by Crippen LogP contribution is -2.14. The Morgan fingerprint density at radius 3 is 2.54 bits per heavy atom. The monoisotopic (exact) mass is 476 g/mol. The van der Waals surface area contributed by atoms with E-state index in [0.29, 0.717) is 11.7 Å². The van der Waals surface area contributed by atoms with E-state index in [1.165, 1.54) is 11.8 Å². The maximum atomic E-state index is 12.3. The molecule has 0 atom stereocenters. The van der Waals surface area contributed by atoms with Crippen LogP contribution in [0.1, 0.15) is 24.6 Å². The van der Waals surface area contributed by atoms with Crippen molar-refractivity contribution in [3.8, 4) is 5.69 Å². The number of para-hydroxylation sites is 1. The fourth-order valence-corrected chi connectivity index (χ4v) is 3.78. The number of anilines is 1. The number of nitrogens with zero attached hydrogens (tertiary/aromatic N) is 3. The van der Waals surface area contributed by atoms with E-state index in [4.69, 9.17) is 0 Å². The average molecular weight is 476 g/mol. The van der Waals surface area contributed by atoms with E-state index in [-0.39, 0.29) is 5.91 Å². The molecule has 1 saturated carbocycles. The Labute approximate surface area is 169 Å². The fraction of sp³-hybridized carbons (Fsp3) is 0.211. The minimum Gasteiger partial charge on any atom is -0.325 e. The third-order valence-electron chi connectivity index (χ3n) is 4.08. The number of carbonyl (C=O) groups excluding carboxylic acids is 1. The summed E-state index contributed by atoms with van der Waals surface area (Å²) in [5.41, 5.74) is 1.85. The zero-order valence-electron chi connectivity index (χ0n) is 13.9. The first-order valence-corrected chi connectivity index (χ1v) is 10.5. The molecule has 5 nitrogen and oxygen atoms in total. The number of hydrogen-bond donors (Lipinski definition) is 1. The maximum absolute atomic E-state index is 12.3. The van der Waals surface area contributed by atoms with Crippen LogP contribution in [-0.4, -0.2) is 26.4 Å². The molecule has 1 amide bonds. The van der Waals surface area contributed by atoms with E-state index >= 15 is 0 Å². The number of halogens is 1. The van der Waals surface area contributed by atoms with E-state index in [9.17, 15) is 4.79 Å². The summed E-state index contributed by atoms with van der Waals surface area (Å²) in [6, 6.07) is 17.8. The van der Waals surface area contributed by atoms with Crippen molar-refractivity contribution in [2.75, 3.05) is 11.1 Å². The van der Waals surface area contributed by atoms with Crippen molar-refractivity contribution in [2.45, 2.75) is 23.9 Å². The Bertz CT molecular complexity index is 907. The van der Waals surface area contributed by atoms with Gasteiger partial charge in [-0.2, -0.15) is 0 Å². The first-order valence-electron chi connectivity index (χ1n) is 8.39. The van der Waals surface area contributed by atoms with Crippen molar-refractivity contribution < 1.29 is 4.79 Å². The summed E-state index contributed by atoms with van der Waals surface area (Å²) in [6.45, 7) is 0. The summed E-state index contributed by atoms with van der Waals surface area (Å²) in [5, 5.41) is 12.4. The van der Waals surface area contributed by atoms with Crippen LogP contribution in [0.4, 0.5) is 5.69 Å². The third-order valence-corrected chi connectivity index (χ3v) is 5.72. The molecule has 7 heteroatoms. The quantitative estimate of drug-likeness (QED) is 0.421. The summed E-state index contributed by atoms with van der Waals surface area (Å²) in [6.07, 6.45) is 2.31. The average Bonchev–Trinajstić information content (AvgIpc) is 3.42. The molecule has 1 N–H and O–H groups in total. The van der Waals surface area contributed by atoms with E-state index in [1.54, 1.807) is 0 Å². The lowest BCUT2D eigenvalue weighted by molar-refractivity contribution is -0.113. The van der Waals surface area contributed by atoms with E-state index in [0.717, 1.165) is 38.8 Å². The largest absolute Gasteiger partial charge is 0.325 e. The number of benzene rings is 2. The first kappa shape index (κ1) is 17.5. The zero-order chi connectivity index (χ0) is 17.9. The van der Waals surface area contributed by atoms with Gasteiger partial charge in [0.05, 0.1) is 5.75 Å². The second-order valence-electron chi connectivity index (χ2n) is 6.13. The molecule has 26 heavy (non-hydrogen) atoms. The number of nitrogens with one attached hydrogen (secondary N) is 1. The maximum Gasteiger partial charge on any atom is 0.234 e. The molecule has 0 bridgehead atoms. The Morgan fingerprint density at radius 2 is 1.85 bits per heavy atom. The SMILES string of the molecule is O=C(CSc1nnc(C2CC2)n1-c1ccccc1)Nc1ccc(I)cc1. The summed E-state index contributed by atoms with van der Waals surface area (Å²) < 4.78 is 3.22. The van der Waals surface area contributed by atoms with Gasteiger partial charge >= 0.3 is 0 Å². The summed E-state index contributed by atoms with van der Waals surface area (Å²) in [4.78, 5) is 12.3. The lowest BCUT2D eigenvalue weighted by atomic mass is 10.3. The van der Waals surface area contributed by atoms with Crippen LogP contribution in [-0.2, 0) is 4.79 Å². The second kappa shape index (κ2) is 7.79. The normalized spacial score (nSPS) is 13.6. The summed E-state index contributed by atoms with van der Waals surface area (Å²) >= 11 is 3.66. The van der Waals surface area contributed by atoms with Gasteiger partial charge in [-0.25, -0.2) is 0 Å². The van der Waals surface area contributed by atoms with Gasteiger partial charge in [-0.15, -0.1) is 10.2 Å². The van der Waals surface area contributed by atoms with Crippen LogP contribution in [0.15, 0.2) is 59.8 Å². The predicted molar refractivity (Wildman–Crippen MR) is 112 cm³/mol. The van der Waals surface area contributed by atoms with Crippen molar-refractivity contribution in [1.82, 2.24) is 14.8 Å².